The molecule has 0 saturated carbocycles. The van der Waals surface area contributed by atoms with Crippen molar-refractivity contribution in [2.45, 2.75) is 26.4 Å². The van der Waals surface area contributed by atoms with E-state index in [4.69, 9.17) is 15.2 Å². The summed E-state index contributed by atoms with van der Waals surface area (Å²) in [7, 11) is 0. The quantitative estimate of drug-likeness (QED) is 0.814. The molecule has 118 valence electrons. The third-order valence-electron chi connectivity index (χ3n) is 3.22. The smallest absolute Gasteiger partial charge is 0.271 e. The number of rotatable bonds is 5. The van der Waals surface area contributed by atoms with Crippen LogP contribution in [0.15, 0.2) is 12.1 Å². The van der Waals surface area contributed by atoms with E-state index in [1.807, 2.05) is 0 Å². The number of anilines is 1. The van der Waals surface area contributed by atoms with Crippen LogP contribution in [0.3, 0.4) is 0 Å². The van der Waals surface area contributed by atoms with Gasteiger partial charge in [-0.3, -0.25) is 19.3 Å². The predicted octanol–water partition coefficient (Wildman–Crippen LogP) is 0.887. The number of nitrogens with zero attached hydrogens (tertiary/aromatic N) is 1. The van der Waals surface area contributed by atoms with Crippen LogP contribution >= 0.6 is 0 Å². The fourth-order valence-corrected chi connectivity index (χ4v) is 2.29. The maximum Gasteiger partial charge on any atom is 0.271 e. The molecule has 0 atom stereocenters. The molecular weight excluding hydrogens is 288 g/mol. The number of hydrogen-bond acceptors (Lipinski definition) is 5. The van der Waals surface area contributed by atoms with Crippen molar-refractivity contribution in [2.24, 2.45) is 5.73 Å². The zero-order valence-electron chi connectivity index (χ0n) is 12.7. The molecule has 1 heterocycles. The summed E-state index contributed by atoms with van der Waals surface area (Å²) < 4.78 is 11.2. The number of carbonyl (C=O) groups is 3. The predicted molar refractivity (Wildman–Crippen MR) is 79.3 cm³/mol. The maximum absolute atomic E-state index is 12.5. The van der Waals surface area contributed by atoms with E-state index < -0.39 is 17.4 Å². The van der Waals surface area contributed by atoms with Gasteiger partial charge in [-0.05, 0) is 32.9 Å². The minimum atomic E-state index is -1.17. The van der Waals surface area contributed by atoms with Crippen molar-refractivity contribution in [1.29, 1.82) is 0 Å². The van der Waals surface area contributed by atoms with Gasteiger partial charge in [0.15, 0.2) is 17.1 Å². The molecule has 1 aliphatic heterocycles. The highest BCUT2D eigenvalue weighted by molar-refractivity contribution is 6.06. The van der Waals surface area contributed by atoms with Crippen LogP contribution in [0.4, 0.5) is 5.69 Å². The Morgan fingerprint density at radius 3 is 2.68 bits per heavy atom. The standard InChI is InChI=1S/C15H18N2O5/c1-4-21-11-6-9(8-18)5-10-13(11)22-15(2,3)14(20)17(10)7-12(16)19/h5-6,8H,4,7H2,1-3H3,(H2,16,19). The number of nitrogens with two attached hydrogens (primary N) is 1. The molecule has 0 bridgehead atoms. The van der Waals surface area contributed by atoms with Crippen LogP contribution in [0.5, 0.6) is 11.5 Å². The number of aldehydes is 1. The molecule has 2 rings (SSSR count). The van der Waals surface area contributed by atoms with E-state index >= 15 is 0 Å². The van der Waals surface area contributed by atoms with E-state index in [1.165, 1.54) is 17.0 Å². The number of benzene rings is 1. The summed E-state index contributed by atoms with van der Waals surface area (Å²) in [6.45, 7) is 5.04. The Kier molecular flexibility index (Phi) is 4.07. The van der Waals surface area contributed by atoms with Gasteiger partial charge < -0.3 is 15.2 Å². The summed E-state index contributed by atoms with van der Waals surface area (Å²) in [4.78, 5) is 36.1. The van der Waals surface area contributed by atoms with Gasteiger partial charge in [0.2, 0.25) is 5.91 Å². The first-order valence-electron chi connectivity index (χ1n) is 6.85. The van der Waals surface area contributed by atoms with Crippen molar-refractivity contribution >= 4 is 23.8 Å². The van der Waals surface area contributed by atoms with Crippen LogP contribution in [0.1, 0.15) is 31.1 Å². The Labute approximate surface area is 128 Å². The van der Waals surface area contributed by atoms with Crippen LogP contribution in [0.25, 0.3) is 0 Å². The molecule has 2 N–H and O–H groups in total. The van der Waals surface area contributed by atoms with Gasteiger partial charge in [-0.25, -0.2) is 0 Å². The summed E-state index contributed by atoms with van der Waals surface area (Å²) in [5.74, 6) is -0.411. The molecule has 0 aliphatic carbocycles. The SMILES string of the molecule is CCOc1cc(C=O)cc2c1OC(C)(C)C(=O)N2CC(N)=O. The lowest BCUT2D eigenvalue weighted by molar-refractivity contribution is -0.134. The fraction of sp³-hybridized carbons (Fsp3) is 0.400. The first-order valence-corrected chi connectivity index (χ1v) is 6.85. The van der Waals surface area contributed by atoms with Crippen LogP contribution < -0.4 is 20.1 Å². The van der Waals surface area contributed by atoms with Gasteiger partial charge in [0.1, 0.15) is 12.8 Å². The lowest BCUT2D eigenvalue weighted by atomic mass is 10.0. The molecule has 0 radical (unpaired) electrons. The molecule has 7 nitrogen and oxygen atoms in total. The molecule has 22 heavy (non-hydrogen) atoms. The molecule has 7 heteroatoms. The Bertz CT molecular complexity index is 639. The number of fused-ring (bicyclic) bond motifs is 1. The summed E-state index contributed by atoms with van der Waals surface area (Å²) in [6, 6.07) is 3.00. The summed E-state index contributed by atoms with van der Waals surface area (Å²) in [5.41, 5.74) is 4.67. The van der Waals surface area contributed by atoms with Crippen molar-refractivity contribution in [3.63, 3.8) is 0 Å². The molecule has 0 fully saturated rings. The molecule has 1 aromatic rings. The van der Waals surface area contributed by atoms with Crippen molar-refractivity contribution in [1.82, 2.24) is 0 Å². The second-order valence-electron chi connectivity index (χ2n) is 5.39. The molecule has 0 spiro atoms. The van der Waals surface area contributed by atoms with Gasteiger partial charge in [-0.1, -0.05) is 0 Å². The number of carbonyl (C=O) groups excluding carboxylic acids is 3. The van der Waals surface area contributed by atoms with E-state index in [0.29, 0.717) is 35.6 Å². The lowest BCUT2D eigenvalue weighted by Gasteiger charge is -2.39. The van der Waals surface area contributed by atoms with Crippen molar-refractivity contribution in [3.8, 4) is 11.5 Å². The Hall–Kier alpha value is -2.57. The minimum absolute atomic E-state index is 0.299. The van der Waals surface area contributed by atoms with E-state index in [-0.39, 0.29) is 6.54 Å². The number of primary amides is 1. The van der Waals surface area contributed by atoms with E-state index in [0.717, 1.165) is 0 Å². The molecule has 0 saturated heterocycles. The summed E-state index contributed by atoms with van der Waals surface area (Å²) in [6.07, 6.45) is 0.634. The van der Waals surface area contributed by atoms with Gasteiger partial charge in [0.05, 0.1) is 12.3 Å². The third kappa shape index (κ3) is 2.74. The molecule has 0 aromatic heterocycles. The van der Waals surface area contributed by atoms with E-state index in [1.54, 1.807) is 20.8 Å². The highest BCUT2D eigenvalue weighted by atomic mass is 16.5. The van der Waals surface area contributed by atoms with E-state index in [9.17, 15) is 14.4 Å². The molecule has 2 amide bonds. The minimum Gasteiger partial charge on any atom is -0.490 e. The van der Waals surface area contributed by atoms with Gasteiger partial charge in [0.25, 0.3) is 5.91 Å². The lowest BCUT2D eigenvalue weighted by Crippen LogP contribution is -2.54. The second-order valence-corrected chi connectivity index (χ2v) is 5.39. The van der Waals surface area contributed by atoms with Gasteiger partial charge in [0, 0.05) is 5.56 Å². The topological polar surface area (TPSA) is 98.9 Å². The zero-order valence-corrected chi connectivity index (χ0v) is 12.7. The second kappa shape index (κ2) is 5.67. The third-order valence-corrected chi connectivity index (χ3v) is 3.22. The van der Waals surface area contributed by atoms with Crippen LogP contribution in [0, 0.1) is 0 Å². The van der Waals surface area contributed by atoms with Gasteiger partial charge in [-0.15, -0.1) is 0 Å². The normalized spacial score (nSPS) is 15.8. The van der Waals surface area contributed by atoms with Crippen molar-refractivity contribution < 1.29 is 23.9 Å². The van der Waals surface area contributed by atoms with Crippen molar-refractivity contribution in [2.75, 3.05) is 18.1 Å². The number of hydrogen-bond donors (Lipinski definition) is 1. The number of amides is 2. The monoisotopic (exact) mass is 306 g/mol. The average molecular weight is 306 g/mol. The van der Waals surface area contributed by atoms with Gasteiger partial charge >= 0.3 is 0 Å². The summed E-state index contributed by atoms with van der Waals surface area (Å²) >= 11 is 0. The van der Waals surface area contributed by atoms with Crippen molar-refractivity contribution in [3.05, 3.63) is 17.7 Å². The molecular formula is C15H18N2O5. The highest BCUT2D eigenvalue weighted by Gasteiger charge is 2.43. The summed E-state index contributed by atoms with van der Waals surface area (Å²) in [5, 5.41) is 0. The Balaban J connectivity index is 2.65. The average Bonchev–Trinajstić information content (AvgIpc) is 2.44. The number of ether oxygens (including phenoxy) is 2. The van der Waals surface area contributed by atoms with Crippen LogP contribution in [0.2, 0.25) is 0 Å². The first kappa shape index (κ1) is 15.8. The largest absolute Gasteiger partial charge is 0.490 e. The highest BCUT2D eigenvalue weighted by Crippen LogP contribution is 2.45. The molecule has 0 unspecified atom stereocenters. The molecule has 1 aliphatic rings. The van der Waals surface area contributed by atoms with Crippen LogP contribution in [-0.4, -0.2) is 36.9 Å². The Morgan fingerprint density at radius 1 is 1.45 bits per heavy atom. The maximum atomic E-state index is 12.5. The fourth-order valence-electron chi connectivity index (χ4n) is 2.29. The zero-order chi connectivity index (χ0) is 16.5. The molecule has 1 aromatic carbocycles. The van der Waals surface area contributed by atoms with E-state index in [2.05, 4.69) is 0 Å². The van der Waals surface area contributed by atoms with Crippen LogP contribution in [-0.2, 0) is 9.59 Å². The Morgan fingerprint density at radius 2 is 2.14 bits per heavy atom. The first-order chi connectivity index (χ1) is 10.3. The van der Waals surface area contributed by atoms with Gasteiger partial charge in [-0.2, -0.15) is 0 Å².